The average molecular weight is 345 g/mol. The van der Waals surface area contributed by atoms with Gasteiger partial charge < -0.3 is 10.6 Å². The first-order chi connectivity index (χ1) is 11.8. The molecular weight excluding hydrogens is 304 g/mol. The zero-order valence-corrected chi connectivity index (χ0v) is 17.2. The summed E-state index contributed by atoms with van der Waals surface area (Å²) in [5, 5.41) is 0. The Labute approximate surface area is 155 Å². The van der Waals surface area contributed by atoms with Crippen LogP contribution in [0.15, 0.2) is 11.6 Å². The average Bonchev–Trinajstić information content (AvgIpc) is 2.92. The number of rotatable bonds is 2. The highest BCUT2D eigenvalue weighted by Gasteiger charge is 2.59. The summed E-state index contributed by atoms with van der Waals surface area (Å²) in [4.78, 5) is 2.47. The topological polar surface area (TPSA) is 29.3 Å². The lowest BCUT2D eigenvalue weighted by Gasteiger charge is -2.58. The van der Waals surface area contributed by atoms with Gasteiger partial charge in [-0.15, -0.1) is 0 Å². The first-order valence-electron chi connectivity index (χ1n) is 10.9. The number of nitrogens with two attached hydrogens (primary N) is 1. The van der Waals surface area contributed by atoms with E-state index in [-0.39, 0.29) is 0 Å². The van der Waals surface area contributed by atoms with E-state index in [4.69, 9.17) is 5.73 Å². The third-order valence-corrected chi connectivity index (χ3v) is 9.61. The van der Waals surface area contributed by atoms with Gasteiger partial charge in [-0.3, -0.25) is 0 Å². The molecule has 0 saturated heterocycles. The summed E-state index contributed by atoms with van der Waals surface area (Å²) in [5.41, 5.74) is 9.07. The Bertz CT molecular complexity index is 552. The minimum atomic E-state index is 0.418. The first kappa shape index (κ1) is 18.0. The van der Waals surface area contributed by atoms with Gasteiger partial charge in [0.15, 0.2) is 0 Å². The lowest BCUT2D eigenvalue weighted by Crippen LogP contribution is -2.52. The molecule has 0 radical (unpaired) electrons. The summed E-state index contributed by atoms with van der Waals surface area (Å²) in [5.74, 6) is 3.68. The third kappa shape index (κ3) is 2.57. The van der Waals surface area contributed by atoms with E-state index in [9.17, 15) is 0 Å². The molecular formula is C23H40N2. The predicted molar refractivity (Wildman–Crippen MR) is 106 cm³/mol. The van der Waals surface area contributed by atoms with Crippen LogP contribution in [-0.4, -0.2) is 31.1 Å². The molecule has 3 saturated carbocycles. The number of hydrogen-bond acceptors (Lipinski definition) is 2. The molecule has 0 heterocycles. The monoisotopic (exact) mass is 344 g/mol. The Morgan fingerprint density at radius 3 is 2.56 bits per heavy atom. The zero-order chi connectivity index (χ0) is 18.0. The molecule has 0 aliphatic heterocycles. The minimum absolute atomic E-state index is 0.418. The van der Waals surface area contributed by atoms with Crippen molar-refractivity contribution in [2.24, 2.45) is 40.2 Å². The van der Waals surface area contributed by atoms with Gasteiger partial charge in [0.2, 0.25) is 0 Å². The molecule has 4 rings (SSSR count). The highest BCUT2D eigenvalue weighted by Crippen LogP contribution is 2.66. The fourth-order valence-corrected chi connectivity index (χ4v) is 7.88. The van der Waals surface area contributed by atoms with Crippen molar-refractivity contribution in [3.63, 3.8) is 0 Å². The van der Waals surface area contributed by atoms with Crippen LogP contribution in [0, 0.1) is 34.5 Å². The van der Waals surface area contributed by atoms with E-state index in [2.05, 4.69) is 45.8 Å². The predicted octanol–water partition coefficient (Wildman–Crippen LogP) is 4.84. The summed E-state index contributed by atoms with van der Waals surface area (Å²) in [6.45, 7) is 7.72. The Balaban J connectivity index is 1.62. The lowest BCUT2D eigenvalue weighted by molar-refractivity contribution is -0.0525. The molecule has 4 aliphatic rings. The van der Waals surface area contributed by atoms with Crippen molar-refractivity contribution < 1.29 is 0 Å². The van der Waals surface area contributed by atoms with Crippen LogP contribution in [-0.2, 0) is 0 Å². The molecule has 4 aliphatic carbocycles. The van der Waals surface area contributed by atoms with Crippen LogP contribution in [0.5, 0.6) is 0 Å². The number of hydrogen-bond donors (Lipinski definition) is 1. The molecule has 2 N–H and O–H groups in total. The van der Waals surface area contributed by atoms with Gasteiger partial charge in [0.1, 0.15) is 0 Å². The molecule has 0 amide bonds. The Morgan fingerprint density at radius 2 is 1.84 bits per heavy atom. The number of fused-ring (bicyclic) bond motifs is 5. The Morgan fingerprint density at radius 1 is 1.08 bits per heavy atom. The molecule has 2 nitrogen and oxygen atoms in total. The standard InChI is InChI=1S/C23H40N2/c1-15(25(4)5)19-8-9-20-18-7-6-16-14-17(24)10-12-22(16,2)21(18)11-13-23(19,20)3/h6,15,17-21H,7-14,24H2,1-5H3. The van der Waals surface area contributed by atoms with Gasteiger partial charge in [0.25, 0.3) is 0 Å². The Kier molecular flexibility index (Phi) is 4.40. The van der Waals surface area contributed by atoms with Crippen molar-refractivity contribution in [3.8, 4) is 0 Å². The zero-order valence-electron chi connectivity index (χ0n) is 17.2. The van der Waals surface area contributed by atoms with E-state index in [1.54, 1.807) is 5.57 Å². The number of nitrogens with zero attached hydrogens (tertiary/aromatic N) is 1. The van der Waals surface area contributed by atoms with Gasteiger partial charge >= 0.3 is 0 Å². The number of allylic oxidation sites excluding steroid dienone is 1. The normalized spacial score (nSPS) is 50.7. The highest BCUT2D eigenvalue weighted by molar-refractivity contribution is 5.25. The van der Waals surface area contributed by atoms with Crippen LogP contribution >= 0.6 is 0 Å². The third-order valence-electron chi connectivity index (χ3n) is 9.61. The second kappa shape index (κ2) is 6.09. The molecule has 8 unspecified atom stereocenters. The molecule has 142 valence electrons. The summed E-state index contributed by atoms with van der Waals surface area (Å²) in [6.07, 6.45) is 13.6. The molecule has 2 heteroatoms. The summed E-state index contributed by atoms with van der Waals surface area (Å²) < 4.78 is 0. The van der Waals surface area contributed by atoms with Crippen molar-refractivity contribution in [3.05, 3.63) is 11.6 Å². The molecule has 0 spiro atoms. The SMILES string of the molecule is CC(C1CCC2C3CC=C4CC(N)CCC4(C)C3CCC21C)N(C)C. The molecule has 0 bridgehead atoms. The van der Waals surface area contributed by atoms with Crippen LogP contribution in [0.2, 0.25) is 0 Å². The maximum absolute atomic E-state index is 6.31. The summed E-state index contributed by atoms with van der Waals surface area (Å²) in [7, 11) is 4.55. The van der Waals surface area contributed by atoms with E-state index >= 15 is 0 Å². The van der Waals surface area contributed by atoms with Crippen molar-refractivity contribution in [1.82, 2.24) is 4.90 Å². The van der Waals surface area contributed by atoms with Gasteiger partial charge in [-0.1, -0.05) is 25.5 Å². The van der Waals surface area contributed by atoms with Gasteiger partial charge in [-0.05, 0) is 107 Å². The van der Waals surface area contributed by atoms with Crippen LogP contribution < -0.4 is 5.73 Å². The van der Waals surface area contributed by atoms with Crippen molar-refractivity contribution in [2.45, 2.75) is 84.2 Å². The van der Waals surface area contributed by atoms with Gasteiger partial charge in [-0.2, -0.15) is 0 Å². The summed E-state index contributed by atoms with van der Waals surface area (Å²) >= 11 is 0. The molecule has 0 aromatic heterocycles. The van der Waals surface area contributed by atoms with Crippen LogP contribution in [0.4, 0.5) is 0 Å². The van der Waals surface area contributed by atoms with Crippen molar-refractivity contribution in [1.29, 1.82) is 0 Å². The van der Waals surface area contributed by atoms with Gasteiger partial charge in [0.05, 0.1) is 0 Å². The largest absolute Gasteiger partial charge is 0.327 e. The first-order valence-corrected chi connectivity index (χ1v) is 10.9. The maximum atomic E-state index is 6.31. The van der Waals surface area contributed by atoms with Crippen LogP contribution in [0.3, 0.4) is 0 Å². The maximum Gasteiger partial charge on any atom is 0.00944 e. The van der Waals surface area contributed by atoms with E-state index in [0.29, 0.717) is 22.9 Å². The molecule has 0 aromatic rings. The van der Waals surface area contributed by atoms with E-state index < -0.39 is 0 Å². The van der Waals surface area contributed by atoms with Crippen LogP contribution in [0.1, 0.15) is 72.1 Å². The molecule has 25 heavy (non-hydrogen) atoms. The van der Waals surface area contributed by atoms with Crippen molar-refractivity contribution in [2.75, 3.05) is 14.1 Å². The second-order valence-electron chi connectivity index (χ2n) is 10.7. The quantitative estimate of drug-likeness (QED) is 0.726. The van der Waals surface area contributed by atoms with Crippen molar-refractivity contribution >= 4 is 0 Å². The van der Waals surface area contributed by atoms with Gasteiger partial charge in [0, 0.05) is 12.1 Å². The molecule has 3 fully saturated rings. The lowest BCUT2D eigenvalue weighted by atomic mass is 9.47. The molecule has 0 aromatic carbocycles. The Hall–Kier alpha value is -0.340. The highest BCUT2D eigenvalue weighted by atomic mass is 15.1. The molecule has 8 atom stereocenters. The van der Waals surface area contributed by atoms with Crippen LogP contribution in [0.25, 0.3) is 0 Å². The van der Waals surface area contributed by atoms with E-state index in [0.717, 1.165) is 23.7 Å². The smallest absolute Gasteiger partial charge is 0.00944 e. The minimum Gasteiger partial charge on any atom is -0.327 e. The fraction of sp³-hybridized carbons (Fsp3) is 0.913. The fourth-order valence-electron chi connectivity index (χ4n) is 7.88. The van der Waals surface area contributed by atoms with E-state index in [1.165, 1.54) is 51.4 Å². The second-order valence-corrected chi connectivity index (χ2v) is 10.7. The van der Waals surface area contributed by atoms with E-state index in [1.807, 2.05) is 0 Å². The van der Waals surface area contributed by atoms with Gasteiger partial charge in [-0.25, -0.2) is 0 Å². The summed E-state index contributed by atoms with van der Waals surface area (Å²) in [6, 6.07) is 1.13.